The van der Waals surface area contributed by atoms with Crippen LogP contribution in [0.4, 0.5) is 19.0 Å². The van der Waals surface area contributed by atoms with Crippen molar-refractivity contribution in [1.82, 2.24) is 14.8 Å². The van der Waals surface area contributed by atoms with Crippen LogP contribution in [0.3, 0.4) is 0 Å². The summed E-state index contributed by atoms with van der Waals surface area (Å²) in [5, 5.41) is 27.5. The summed E-state index contributed by atoms with van der Waals surface area (Å²) in [5.74, 6) is -1.69. The zero-order valence-corrected chi connectivity index (χ0v) is 12.7. The highest BCUT2D eigenvalue weighted by Crippen LogP contribution is 2.40. The normalized spacial score (nSPS) is 22.0. The Kier molecular flexibility index (Phi) is 4.35. The first-order valence-electron chi connectivity index (χ1n) is 6.89. The fourth-order valence-electron chi connectivity index (χ4n) is 2.38. The Balaban J connectivity index is 2.39. The van der Waals surface area contributed by atoms with Crippen molar-refractivity contribution in [3.8, 4) is 0 Å². The summed E-state index contributed by atoms with van der Waals surface area (Å²) in [6.07, 6.45) is -5.21. The van der Waals surface area contributed by atoms with Gasteiger partial charge in [0.1, 0.15) is 0 Å². The number of aryl methyl sites for hydroxylation is 1. The van der Waals surface area contributed by atoms with Crippen LogP contribution in [0, 0.1) is 17.0 Å². The molecule has 0 aromatic carbocycles. The van der Waals surface area contributed by atoms with E-state index in [2.05, 4.69) is 10.2 Å². The molecule has 0 spiro atoms. The second-order valence-corrected chi connectivity index (χ2v) is 5.24. The van der Waals surface area contributed by atoms with Crippen LogP contribution in [0.1, 0.15) is 31.5 Å². The van der Waals surface area contributed by atoms with Crippen LogP contribution < -0.4 is 0 Å². The lowest BCUT2D eigenvalue weighted by atomic mass is 10.1. The second kappa shape index (κ2) is 5.85. The fourth-order valence-corrected chi connectivity index (χ4v) is 2.38. The number of carbonyl (C=O) groups excluding carboxylic acids is 1. The number of aliphatic hydroxyl groups is 1. The fraction of sp³-hybridized carbons (Fsp3) is 0.583. The molecule has 0 radical (unpaired) electrons. The molecule has 12 heteroatoms. The molecule has 0 aliphatic carbocycles. The quantitative estimate of drug-likeness (QED) is 0.654. The maximum atomic E-state index is 13.1. The Hall–Kier alpha value is -2.50. The molecule has 1 aliphatic rings. The number of hydrogen-bond acceptors (Lipinski definition) is 6. The van der Waals surface area contributed by atoms with E-state index in [1.165, 1.54) is 13.8 Å². The number of amides is 1. The summed E-state index contributed by atoms with van der Waals surface area (Å²) < 4.78 is 40.2. The zero-order valence-electron chi connectivity index (χ0n) is 12.7. The SMILES string of the molecule is CC[C@@H](C(=O)N1N=CC[C@@]1(O)C(F)(F)F)n1nc([N+](=O)[O-])cc1C. The molecule has 1 aromatic heterocycles. The summed E-state index contributed by atoms with van der Waals surface area (Å²) in [7, 11) is 0. The molecule has 2 heterocycles. The van der Waals surface area contributed by atoms with Gasteiger partial charge in [-0.05, 0) is 18.3 Å². The van der Waals surface area contributed by atoms with Gasteiger partial charge in [-0.15, -0.1) is 0 Å². The molecule has 0 saturated carbocycles. The van der Waals surface area contributed by atoms with Crippen molar-refractivity contribution in [3.63, 3.8) is 0 Å². The van der Waals surface area contributed by atoms with Gasteiger partial charge < -0.3 is 15.2 Å². The molecule has 0 fully saturated rings. The summed E-state index contributed by atoms with van der Waals surface area (Å²) in [4.78, 5) is 22.5. The zero-order chi connectivity index (χ0) is 18.3. The van der Waals surface area contributed by atoms with E-state index >= 15 is 0 Å². The van der Waals surface area contributed by atoms with Gasteiger partial charge in [0, 0.05) is 12.6 Å². The van der Waals surface area contributed by atoms with E-state index in [1.54, 1.807) is 0 Å². The molecule has 1 aliphatic heterocycles. The predicted octanol–water partition coefficient (Wildman–Crippen LogP) is 1.52. The van der Waals surface area contributed by atoms with E-state index in [1.807, 2.05) is 0 Å². The third-order valence-corrected chi connectivity index (χ3v) is 3.65. The van der Waals surface area contributed by atoms with Gasteiger partial charge in [0.2, 0.25) is 0 Å². The predicted molar refractivity (Wildman–Crippen MR) is 73.9 cm³/mol. The lowest BCUT2D eigenvalue weighted by Crippen LogP contribution is -2.57. The Morgan fingerprint density at radius 1 is 1.58 bits per heavy atom. The van der Waals surface area contributed by atoms with Crippen molar-refractivity contribution in [1.29, 1.82) is 0 Å². The number of aromatic nitrogens is 2. The highest BCUT2D eigenvalue weighted by atomic mass is 19.4. The minimum Gasteiger partial charge on any atom is -0.362 e. The van der Waals surface area contributed by atoms with Crippen LogP contribution in [-0.4, -0.2) is 48.8 Å². The first-order chi connectivity index (χ1) is 11.0. The monoisotopic (exact) mass is 349 g/mol. The van der Waals surface area contributed by atoms with Crippen molar-refractivity contribution in [3.05, 3.63) is 21.9 Å². The summed E-state index contributed by atoms with van der Waals surface area (Å²) in [6.45, 7) is 2.93. The largest absolute Gasteiger partial charge is 0.438 e. The molecule has 1 aromatic rings. The number of nitrogens with zero attached hydrogens (tertiary/aromatic N) is 5. The van der Waals surface area contributed by atoms with Crippen LogP contribution in [0.2, 0.25) is 0 Å². The summed E-state index contributed by atoms with van der Waals surface area (Å²) in [6, 6.07) is -0.179. The smallest absolute Gasteiger partial charge is 0.362 e. The van der Waals surface area contributed by atoms with Crippen LogP contribution >= 0.6 is 0 Å². The van der Waals surface area contributed by atoms with Crippen molar-refractivity contribution < 1.29 is 28.0 Å². The number of hydrogen-bond donors (Lipinski definition) is 1. The molecule has 1 amide bonds. The van der Waals surface area contributed by atoms with E-state index < -0.39 is 41.0 Å². The Morgan fingerprint density at radius 3 is 2.67 bits per heavy atom. The van der Waals surface area contributed by atoms with E-state index in [9.17, 15) is 33.2 Å². The first-order valence-corrected chi connectivity index (χ1v) is 6.89. The van der Waals surface area contributed by atoms with Gasteiger partial charge in [-0.3, -0.25) is 4.79 Å². The van der Waals surface area contributed by atoms with Crippen molar-refractivity contribution in [2.24, 2.45) is 5.10 Å². The maximum Gasteiger partial charge on any atom is 0.438 e. The van der Waals surface area contributed by atoms with Gasteiger partial charge in [0.05, 0.1) is 16.9 Å². The average molecular weight is 349 g/mol. The van der Waals surface area contributed by atoms with Gasteiger partial charge in [0.15, 0.2) is 6.04 Å². The standard InChI is InChI=1S/C12H14F3N5O4/c1-3-8(18-7(2)6-9(17-18)20(23)24)10(21)19-11(22,4-5-16-19)12(13,14)15/h5-6,8,22H,3-4H2,1-2H3/t8-,11+/m0/s1. The van der Waals surface area contributed by atoms with Crippen LogP contribution in [0.15, 0.2) is 11.2 Å². The number of hydrazone groups is 1. The van der Waals surface area contributed by atoms with Gasteiger partial charge in [0.25, 0.3) is 11.6 Å². The molecular weight excluding hydrogens is 335 g/mol. The van der Waals surface area contributed by atoms with Crippen molar-refractivity contribution in [2.75, 3.05) is 0 Å². The van der Waals surface area contributed by atoms with E-state index in [0.717, 1.165) is 17.0 Å². The van der Waals surface area contributed by atoms with Gasteiger partial charge in [-0.1, -0.05) is 6.92 Å². The number of carbonyl (C=O) groups is 1. The van der Waals surface area contributed by atoms with Crippen molar-refractivity contribution in [2.45, 2.75) is 44.6 Å². The third kappa shape index (κ3) is 2.72. The van der Waals surface area contributed by atoms with Crippen LogP contribution in [0.5, 0.6) is 0 Å². The van der Waals surface area contributed by atoms with Crippen molar-refractivity contribution >= 4 is 17.9 Å². The lowest BCUT2D eigenvalue weighted by Gasteiger charge is -2.34. The average Bonchev–Trinajstić information content (AvgIpc) is 3.04. The number of rotatable bonds is 4. The molecule has 0 bridgehead atoms. The molecule has 2 atom stereocenters. The molecule has 132 valence electrons. The van der Waals surface area contributed by atoms with Crippen LogP contribution in [0.25, 0.3) is 0 Å². The minimum atomic E-state index is -5.11. The maximum absolute atomic E-state index is 13.1. The summed E-state index contributed by atoms with van der Waals surface area (Å²) >= 11 is 0. The molecule has 9 nitrogen and oxygen atoms in total. The number of nitro groups is 1. The number of halogens is 3. The molecule has 24 heavy (non-hydrogen) atoms. The van der Waals surface area contributed by atoms with E-state index in [0.29, 0.717) is 0 Å². The number of alkyl halides is 3. The molecular formula is C12H14F3N5O4. The highest BCUT2D eigenvalue weighted by Gasteiger charge is 2.62. The topological polar surface area (TPSA) is 114 Å². The lowest BCUT2D eigenvalue weighted by molar-refractivity contribution is -0.389. The third-order valence-electron chi connectivity index (χ3n) is 3.65. The molecule has 0 saturated heterocycles. The molecule has 0 unspecified atom stereocenters. The van der Waals surface area contributed by atoms with E-state index in [-0.39, 0.29) is 17.1 Å². The van der Waals surface area contributed by atoms with Gasteiger partial charge >= 0.3 is 12.0 Å². The highest BCUT2D eigenvalue weighted by molar-refractivity contribution is 5.83. The summed E-state index contributed by atoms with van der Waals surface area (Å²) in [5.41, 5.74) is -3.22. The Labute approximate surface area is 133 Å². The van der Waals surface area contributed by atoms with Gasteiger partial charge in [-0.2, -0.15) is 28.0 Å². The van der Waals surface area contributed by atoms with Gasteiger partial charge in [-0.25, -0.2) is 0 Å². The van der Waals surface area contributed by atoms with E-state index in [4.69, 9.17) is 0 Å². The first kappa shape index (κ1) is 17.8. The molecule has 1 N–H and O–H groups in total. The van der Waals surface area contributed by atoms with Crippen LogP contribution in [-0.2, 0) is 4.79 Å². The Bertz CT molecular complexity index is 701. The second-order valence-electron chi connectivity index (χ2n) is 5.24. The minimum absolute atomic E-state index is 0.00152. The Morgan fingerprint density at radius 2 is 2.21 bits per heavy atom. The molecule has 2 rings (SSSR count).